The van der Waals surface area contributed by atoms with Crippen molar-refractivity contribution in [1.29, 1.82) is 0 Å². The van der Waals surface area contributed by atoms with Crippen LogP contribution in [0.3, 0.4) is 0 Å². The van der Waals surface area contributed by atoms with E-state index in [4.69, 9.17) is 4.42 Å². The minimum absolute atomic E-state index is 0.0553. The van der Waals surface area contributed by atoms with E-state index in [-0.39, 0.29) is 22.8 Å². The van der Waals surface area contributed by atoms with Crippen molar-refractivity contribution < 1.29 is 14.0 Å². The zero-order valence-electron chi connectivity index (χ0n) is 15.2. The van der Waals surface area contributed by atoms with E-state index >= 15 is 0 Å². The molecule has 1 aromatic carbocycles. The summed E-state index contributed by atoms with van der Waals surface area (Å²) in [5, 5.41) is 11.1. The monoisotopic (exact) mass is 395 g/mol. The average Bonchev–Trinajstić information content (AvgIpc) is 3.17. The van der Waals surface area contributed by atoms with E-state index in [1.54, 1.807) is 38.4 Å². The lowest BCUT2D eigenvalue weighted by atomic mass is 9.96. The molecule has 1 aliphatic heterocycles. The number of carbonyl (C=O) groups is 2. The van der Waals surface area contributed by atoms with Crippen LogP contribution in [0.5, 0.6) is 0 Å². The number of carbonyl (C=O) groups excluding carboxylic acids is 2. The van der Waals surface area contributed by atoms with E-state index in [9.17, 15) is 9.59 Å². The summed E-state index contributed by atoms with van der Waals surface area (Å²) in [6.07, 6.45) is 3.28. The van der Waals surface area contributed by atoms with Gasteiger partial charge in [-0.15, -0.1) is 10.2 Å². The molecule has 1 N–H and O–H groups in total. The molecular formula is C19H17N5O3S. The number of amides is 2. The predicted octanol–water partition coefficient (Wildman–Crippen LogP) is 2.99. The molecule has 142 valence electrons. The van der Waals surface area contributed by atoms with Crippen LogP contribution in [0, 0.1) is 0 Å². The second kappa shape index (κ2) is 7.08. The standard InChI is InChI=1S/C19H17N5O3S/c1-19(2)17(26)21-13-7-3-4-8-14(13)24(19)15(25)11-28-18-23-22-16(27-18)12-6-5-9-20-10-12/h3-10H,11H2,1-2H3,(H,21,26). The summed E-state index contributed by atoms with van der Waals surface area (Å²) in [6.45, 7) is 3.43. The van der Waals surface area contributed by atoms with E-state index in [2.05, 4.69) is 20.5 Å². The molecule has 1 aliphatic rings. The summed E-state index contributed by atoms with van der Waals surface area (Å²) in [7, 11) is 0. The second-order valence-corrected chi connectivity index (χ2v) is 7.59. The van der Waals surface area contributed by atoms with Crippen LogP contribution < -0.4 is 10.2 Å². The minimum Gasteiger partial charge on any atom is -0.411 e. The van der Waals surface area contributed by atoms with Gasteiger partial charge in [-0.05, 0) is 38.1 Å². The quantitative estimate of drug-likeness (QED) is 0.678. The molecule has 0 bridgehead atoms. The van der Waals surface area contributed by atoms with Crippen molar-refractivity contribution in [3.05, 3.63) is 48.8 Å². The van der Waals surface area contributed by atoms with Crippen molar-refractivity contribution in [2.75, 3.05) is 16.0 Å². The normalized spacial score (nSPS) is 15.1. The average molecular weight is 395 g/mol. The van der Waals surface area contributed by atoms with Crippen molar-refractivity contribution in [2.45, 2.75) is 24.6 Å². The van der Waals surface area contributed by atoms with Crippen LogP contribution in [0.4, 0.5) is 11.4 Å². The fourth-order valence-corrected chi connectivity index (χ4v) is 3.57. The van der Waals surface area contributed by atoms with Crippen molar-refractivity contribution in [3.63, 3.8) is 0 Å². The smallest absolute Gasteiger partial charge is 0.277 e. The largest absolute Gasteiger partial charge is 0.411 e. The van der Waals surface area contributed by atoms with Crippen LogP contribution in [0.25, 0.3) is 11.5 Å². The first-order valence-corrected chi connectivity index (χ1v) is 9.55. The van der Waals surface area contributed by atoms with E-state index < -0.39 is 5.54 Å². The SMILES string of the molecule is CC1(C)C(=O)Nc2ccccc2N1C(=O)CSc1nnc(-c2cccnc2)o1. The number of hydrogen-bond acceptors (Lipinski definition) is 7. The van der Waals surface area contributed by atoms with Gasteiger partial charge in [-0.1, -0.05) is 23.9 Å². The molecule has 0 spiro atoms. The highest BCUT2D eigenvalue weighted by Gasteiger charge is 2.43. The van der Waals surface area contributed by atoms with Gasteiger partial charge < -0.3 is 9.73 Å². The van der Waals surface area contributed by atoms with Gasteiger partial charge >= 0.3 is 0 Å². The van der Waals surface area contributed by atoms with Gasteiger partial charge in [-0.2, -0.15) is 0 Å². The van der Waals surface area contributed by atoms with Gasteiger partial charge in [-0.25, -0.2) is 0 Å². The highest BCUT2D eigenvalue weighted by molar-refractivity contribution is 7.99. The first-order valence-electron chi connectivity index (χ1n) is 8.57. The first-order chi connectivity index (χ1) is 13.5. The maximum atomic E-state index is 13.0. The number of benzene rings is 1. The maximum Gasteiger partial charge on any atom is 0.277 e. The summed E-state index contributed by atoms with van der Waals surface area (Å²) in [5.41, 5.74) is 0.971. The second-order valence-electron chi connectivity index (χ2n) is 6.66. The zero-order valence-corrected chi connectivity index (χ0v) is 16.1. The Balaban J connectivity index is 1.52. The summed E-state index contributed by atoms with van der Waals surface area (Å²) in [5.74, 6) is -0.0644. The van der Waals surface area contributed by atoms with Crippen LogP contribution >= 0.6 is 11.8 Å². The third kappa shape index (κ3) is 3.24. The topological polar surface area (TPSA) is 101 Å². The Bertz CT molecular complexity index is 1030. The van der Waals surface area contributed by atoms with Crippen molar-refractivity contribution >= 4 is 35.0 Å². The van der Waals surface area contributed by atoms with Crippen molar-refractivity contribution in [1.82, 2.24) is 15.2 Å². The molecule has 0 radical (unpaired) electrons. The molecule has 2 amide bonds. The maximum absolute atomic E-state index is 13.0. The number of anilines is 2. The number of nitrogens with one attached hydrogen (secondary N) is 1. The number of aromatic nitrogens is 3. The number of para-hydroxylation sites is 2. The highest BCUT2D eigenvalue weighted by atomic mass is 32.2. The molecule has 9 heteroatoms. The molecule has 0 saturated carbocycles. The lowest BCUT2D eigenvalue weighted by Gasteiger charge is -2.42. The Morgan fingerprint density at radius 1 is 1.21 bits per heavy atom. The van der Waals surface area contributed by atoms with Gasteiger partial charge in [0.05, 0.1) is 22.7 Å². The summed E-state index contributed by atoms with van der Waals surface area (Å²) < 4.78 is 5.60. The molecule has 8 nitrogen and oxygen atoms in total. The molecule has 3 heterocycles. The molecule has 0 saturated heterocycles. The van der Waals surface area contributed by atoms with E-state index in [1.165, 1.54) is 4.90 Å². The minimum atomic E-state index is -1.01. The van der Waals surface area contributed by atoms with E-state index in [0.29, 0.717) is 22.8 Å². The van der Waals surface area contributed by atoms with Crippen LogP contribution in [-0.4, -0.2) is 38.3 Å². The third-order valence-corrected chi connectivity index (χ3v) is 5.19. The summed E-state index contributed by atoms with van der Waals surface area (Å²) >= 11 is 1.13. The Morgan fingerprint density at radius 3 is 2.82 bits per heavy atom. The van der Waals surface area contributed by atoms with Crippen LogP contribution in [-0.2, 0) is 9.59 Å². The molecule has 0 unspecified atom stereocenters. The van der Waals surface area contributed by atoms with E-state index in [1.807, 2.05) is 24.3 Å². The lowest BCUT2D eigenvalue weighted by molar-refractivity contribution is -0.125. The van der Waals surface area contributed by atoms with Gasteiger partial charge in [0.1, 0.15) is 5.54 Å². The lowest BCUT2D eigenvalue weighted by Crippen LogP contribution is -2.58. The Labute approximate surface area is 165 Å². The number of rotatable bonds is 4. The molecule has 4 rings (SSSR count). The summed E-state index contributed by atoms with van der Waals surface area (Å²) in [4.78, 5) is 31.0. The number of thioether (sulfide) groups is 1. The number of pyridine rings is 1. The van der Waals surface area contributed by atoms with Gasteiger partial charge in [0.2, 0.25) is 17.7 Å². The molecular weight excluding hydrogens is 378 g/mol. The van der Waals surface area contributed by atoms with Gasteiger partial charge in [-0.3, -0.25) is 19.5 Å². The predicted molar refractivity (Wildman–Crippen MR) is 105 cm³/mol. The molecule has 0 fully saturated rings. The van der Waals surface area contributed by atoms with Gasteiger partial charge in [0.15, 0.2) is 0 Å². The Hall–Kier alpha value is -3.20. The van der Waals surface area contributed by atoms with Crippen LogP contribution in [0.1, 0.15) is 13.8 Å². The van der Waals surface area contributed by atoms with Crippen LogP contribution in [0.2, 0.25) is 0 Å². The Morgan fingerprint density at radius 2 is 2.04 bits per heavy atom. The molecule has 0 atom stereocenters. The fourth-order valence-electron chi connectivity index (χ4n) is 2.96. The summed E-state index contributed by atoms with van der Waals surface area (Å²) in [6, 6.07) is 10.8. The highest BCUT2D eigenvalue weighted by Crippen LogP contribution is 2.37. The van der Waals surface area contributed by atoms with Gasteiger partial charge in [0.25, 0.3) is 5.22 Å². The first kappa shape index (κ1) is 18.2. The molecule has 28 heavy (non-hydrogen) atoms. The third-order valence-electron chi connectivity index (χ3n) is 4.39. The van der Waals surface area contributed by atoms with Crippen LogP contribution in [0.15, 0.2) is 58.4 Å². The van der Waals surface area contributed by atoms with Crippen molar-refractivity contribution in [3.8, 4) is 11.5 Å². The number of nitrogens with zero attached hydrogens (tertiary/aromatic N) is 4. The van der Waals surface area contributed by atoms with Gasteiger partial charge in [0, 0.05) is 12.4 Å². The Kier molecular flexibility index (Phi) is 4.60. The van der Waals surface area contributed by atoms with E-state index in [0.717, 1.165) is 11.8 Å². The van der Waals surface area contributed by atoms with Crippen molar-refractivity contribution in [2.24, 2.45) is 0 Å². The molecule has 0 aliphatic carbocycles. The fraction of sp³-hybridized carbons (Fsp3) is 0.211. The number of fused-ring (bicyclic) bond motifs is 1. The molecule has 3 aromatic rings. The molecule has 2 aromatic heterocycles. The zero-order chi connectivity index (χ0) is 19.7. The number of hydrogen-bond donors (Lipinski definition) is 1.